The quantitative estimate of drug-likeness (QED) is 0.507. The van der Waals surface area contributed by atoms with Crippen molar-refractivity contribution in [3.05, 3.63) is 24.3 Å². The molecule has 72 valence electrons. The van der Waals surface area contributed by atoms with Crippen molar-refractivity contribution < 1.29 is 0 Å². The molecule has 0 saturated heterocycles. The highest BCUT2D eigenvalue weighted by molar-refractivity contribution is 5.38. The molecule has 5 rings (SSSR count). The second-order valence-corrected chi connectivity index (χ2v) is 6.37. The van der Waals surface area contributed by atoms with E-state index in [2.05, 4.69) is 24.3 Å². The summed E-state index contributed by atoms with van der Waals surface area (Å²) in [5.41, 5.74) is 1.51. The van der Waals surface area contributed by atoms with Gasteiger partial charge in [0.15, 0.2) is 0 Å². The molecule has 0 aromatic heterocycles. The molecule has 0 N–H and O–H groups in total. The van der Waals surface area contributed by atoms with Crippen molar-refractivity contribution in [2.24, 2.45) is 34.5 Å². The van der Waals surface area contributed by atoms with Crippen molar-refractivity contribution in [3.8, 4) is 0 Å². The van der Waals surface area contributed by atoms with Crippen LogP contribution in [0.15, 0.2) is 24.3 Å². The third-order valence-corrected chi connectivity index (χ3v) is 6.04. The lowest BCUT2D eigenvalue weighted by atomic mass is 9.78. The van der Waals surface area contributed by atoms with E-state index >= 15 is 0 Å². The molecule has 0 heterocycles. The zero-order valence-corrected chi connectivity index (χ0v) is 8.45. The topological polar surface area (TPSA) is 0 Å². The van der Waals surface area contributed by atoms with Crippen molar-refractivity contribution >= 4 is 0 Å². The number of hydrogen-bond donors (Lipinski definition) is 0. The summed E-state index contributed by atoms with van der Waals surface area (Å²) in [5.74, 6) is 3.93. The van der Waals surface area contributed by atoms with Crippen molar-refractivity contribution in [2.75, 3.05) is 0 Å². The van der Waals surface area contributed by atoms with Gasteiger partial charge >= 0.3 is 0 Å². The Morgan fingerprint density at radius 3 is 2.36 bits per heavy atom. The van der Waals surface area contributed by atoms with Gasteiger partial charge in [-0.05, 0) is 60.2 Å². The first-order chi connectivity index (χ1) is 6.86. The summed E-state index contributed by atoms with van der Waals surface area (Å²) in [6.45, 7) is 0. The predicted molar refractivity (Wildman–Crippen MR) is 55.6 cm³/mol. The Hall–Kier alpha value is -0.520. The Labute approximate surface area is 85.1 Å². The summed E-state index contributed by atoms with van der Waals surface area (Å²) in [4.78, 5) is 0. The normalized spacial score (nSPS) is 56.0. The molecule has 3 saturated carbocycles. The molecule has 0 heteroatoms. The molecule has 5 aliphatic rings. The SMILES string of the molecule is C1=CC2(CC2)[C@H]2[C@@H]1[C@H]1C=C[C@H]2C12CC2. The van der Waals surface area contributed by atoms with Crippen LogP contribution in [-0.2, 0) is 0 Å². The minimum absolute atomic E-state index is 0.713. The highest BCUT2D eigenvalue weighted by atomic mass is 14.8. The Morgan fingerprint density at radius 1 is 0.857 bits per heavy atom. The molecule has 2 bridgehead atoms. The van der Waals surface area contributed by atoms with Crippen LogP contribution in [0.2, 0.25) is 0 Å². The zero-order valence-electron chi connectivity index (χ0n) is 8.45. The van der Waals surface area contributed by atoms with Crippen LogP contribution in [0.5, 0.6) is 0 Å². The average molecular weight is 184 g/mol. The van der Waals surface area contributed by atoms with E-state index in [1.807, 2.05) is 0 Å². The molecule has 0 aliphatic heterocycles. The first-order valence-electron chi connectivity index (χ1n) is 6.24. The van der Waals surface area contributed by atoms with Crippen LogP contribution < -0.4 is 0 Å². The highest BCUT2D eigenvalue weighted by Gasteiger charge is 2.72. The molecule has 0 radical (unpaired) electrons. The Kier molecular flexibility index (Phi) is 0.815. The van der Waals surface area contributed by atoms with Crippen LogP contribution in [0.3, 0.4) is 0 Å². The molecule has 4 atom stereocenters. The van der Waals surface area contributed by atoms with E-state index in [4.69, 9.17) is 0 Å². The molecule has 0 aromatic rings. The molecular weight excluding hydrogens is 168 g/mol. The maximum absolute atomic E-state index is 2.59. The second-order valence-electron chi connectivity index (χ2n) is 6.37. The molecule has 5 aliphatic carbocycles. The van der Waals surface area contributed by atoms with Gasteiger partial charge in [0.2, 0.25) is 0 Å². The van der Waals surface area contributed by atoms with E-state index in [1.165, 1.54) is 25.7 Å². The van der Waals surface area contributed by atoms with Gasteiger partial charge in [-0.1, -0.05) is 24.3 Å². The van der Waals surface area contributed by atoms with Gasteiger partial charge in [-0.3, -0.25) is 0 Å². The maximum atomic E-state index is 2.59. The van der Waals surface area contributed by atoms with E-state index in [0.29, 0.717) is 5.41 Å². The monoisotopic (exact) mass is 184 g/mol. The third-order valence-electron chi connectivity index (χ3n) is 6.04. The maximum Gasteiger partial charge on any atom is -0.00776 e. The van der Waals surface area contributed by atoms with Gasteiger partial charge < -0.3 is 0 Å². The smallest absolute Gasteiger partial charge is 0.00776 e. The fourth-order valence-corrected chi connectivity index (χ4v) is 5.15. The fourth-order valence-electron chi connectivity index (χ4n) is 5.15. The third kappa shape index (κ3) is 0.495. The van der Waals surface area contributed by atoms with Gasteiger partial charge in [0.25, 0.3) is 0 Å². The Bertz CT molecular complexity index is 379. The largest absolute Gasteiger partial charge is 0.0842 e. The molecule has 3 fully saturated rings. The van der Waals surface area contributed by atoms with Crippen LogP contribution >= 0.6 is 0 Å². The van der Waals surface area contributed by atoms with Gasteiger partial charge in [0, 0.05) is 0 Å². The summed E-state index contributed by atoms with van der Waals surface area (Å²) in [5, 5.41) is 0. The lowest BCUT2D eigenvalue weighted by Gasteiger charge is -2.26. The minimum Gasteiger partial charge on any atom is -0.0842 e. The summed E-state index contributed by atoms with van der Waals surface area (Å²) in [6.07, 6.45) is 16.4. The molecule has 14 heavy (non-hydrogen) atoms. The summed E-state index contributed by atoms with van der Waals surface area (Å²) < 4.78 is 0. The Morgan fingerprint density at radius 2 is 1.64 bits per heavy atom. The van der Waals surface area contributed by atoms with Crippen LogP contribution in [0, 0.1) is 34.5 Å². The average Bonchev–Trinajstić information content (AvgIpc) is 3.02. The van der Waals surface area contributed by atoms with E-state index < -0.39 is 0 Å². The van der Waals surface area contributed by atoms with Crippen LogP contribution in [0.25, 0.3) is 0 Å². The summed E-state index contributed by atoms with van der Waals surface area (Å²) in [7, 11) is 0. The molecule has 0 unspecified atom stereocenters. The van der Waals surface area contributed by atoms with Crippen LogP contribution in [0.4, 0.5) is 0 Å². The van der Waals surface area contributed by atoms with E-state index in [9.17, 15) is 0 Å². The van der Waals surface area contributed by atoms with Gasteiger partial charge in [-0.25, -0.2) is 0 Å². The summed E-state index contributed by atoms with van der Waals surface area (Å²) in [6, 6.07) is 0. The first-order valence-corrected chi connectivity index (χ1v) is 6.24. The number of hydrogen-bond acceptors (Lipinski definition) is 0. The zero-order chi connectivity index (χ0) is 8.97. The van der Waals surface area contributed by atoms with Crippen LogP contribution in [-0.4, -0.2) is 0 Å². The predicted octanol–water partition coefficient (Wildman–Crippen LogP) is 3.16. The lowest BCUT2D eigenvalue weighted by molar-refractivity contribution is 0.277. The van der Waals surface area contributed by atoms with E-state index in [0.717, 1.165) is 29.1 Å². The lowest BCUT2D eigenvalue weighted by Crippen LogP contribution is -2.21. The second kappa shape index (κ2) is 1.66. The standard InChI is InChI=1S/C14H16/c1-2-11-12-9(3-4-13(12)5-6-13)10(1)14(11)7-8-14/h1-4,9-12H,5-8H2/t9-,10+,11+,12-/m0/s1. The fraction of sp³-hybridized carbons (Fsp3) is 0.714. The van der Waals surface area contributed by atoms with Gasteiger partial charge in [0.05, 0.1) is 0 Å². The van der Waals surface area contributed by atoms with E-state index in [1.54, 1.807) is 0 Å². The van der Waals surface area contributed by atoms with Crippen molar-refractivity contribution in [1.82, 2.24) is 0 Å². The molecule has 0 amide bonds. The molecular formula is C14H16. The number of rotatable bonds is 0. The number of fused-ring (bicyclic) bond motifs is 4. The van der Waals surface area contributed by atoms with Crippen molar-refractivity contribution in [1.29, 1.82) is 0 Å². The molecule has 0 nitrogen and oxygen atoms in total. The van der Waals surface area contributed by atoms with Crippen molar-refractivity contribution in [3.63, 3.8) is 0 Å². The number of allylic oxidation sites excluding steroid dienone is 4. The van der Waals surface area contributed by atoms with E-state index in [-0.39, 0.29) is 0 Å². The Balaban J connectivity index is 1.72. The summed E-state index contributed by atoms with van der Waals surface area (Å²) >= 11 is 0. The van der Waals surface area contributed by atoms with Gasteiger partial charge in [0.1, 0.15) is 0 Å². The molecule has 2 spiro atoms. The van der Waals surface area contributed by atoms with Crippen LogP contribution in [0.1, 0.15) is 25.7 Å². The highest BCUT2D eigenvalue weighted by Crippen LogP contribution is 2.79. The first kappa shape index (κ1) is 6.87. The van der Waals surface area contributed by atoms with Gasteiger partial charge in [-0.2, -0.15) is 0 Å². The van der Waals surface area contributed by atoms with Gasteiger partial charge in [-0.15, -0.1) is 0 Å². The minimum atomic E-state index is 0.713. The van der Waals surface area contributed by atoms with Crippen molar-refractivity contribution in [2.45, 2.75) is 25.7 Å². The molecule has 0 aromatic carbocycles.